The predicted octanol–water partition coefficient (Wildman–Crippen LogP) is 5.10. The topological polar surface area (TPSA) is 65.0 Å². The van der Waals surface area contributed by atoms with Crippen LogP contribution in [0.1, 0.15) is 43.6 Å². The van der Waals surface area contributed by atoms with Crippen molar-refractivity contribution < 1.29 is 13.9 Å². The lowest BCUT2D eigenvalue weighted by Crippen LogP contribution is -2.53. The Bertz CT molecular complexity index is 1240. The molecule has 1 fully saturated rings. The highest BCUT2D eigenvalue weighted by molar-refractivity contribution is 5.87. The Morgan fingerprint density at radius 1 is 1.18 bits per heavy atom. The molecular formula is C27H28FN3O2. The fraction of sp³-hybridized carbons (Fsp3) is 0.407. The van der Waals surface area contributed by atoms with Crippen LogP contribution in [0.15, 0.2) is 42.6 Å². The Hall–Kier alpha value is -2.99. The molecule has 2 aromatic heterocycles. The van der Waals surface area contributed by atoms with Gasteiger partial charge in [-0.05, 0) is 56.4 Å². The van der Waals surface area contributed by atoms with Crippen molar-refractivity contribution in [2.75, 3.05) is 7.11 Å². The number of ketones is 1. The van der Waals surface area contributed by atoms with Gasteiger partial charge >= 0.3 is 0 Å². The number of halogens is 1. The van der Waals surface area contributed by atoms with Gasteiger partial charge in [0, 0.05) is 47.0 Å². The lowest BCUT2D eigenvalue weighted by molar-refractivity contribution is -0.143. The van der Waals surface area contributed by atoms with E-state index in [-0.39, 0.29) is 28.9 Å². The van der Waals surface area contributed by atoms with E-state index >= 15 is 0 Å². The lowest BCUT2D eigenvalue weighted by atomic mass is 9.55. The van der Waals surface area contributed by atoms with Gasteiger partial charge in [0.1, 0.15) is 11.9 Å². The van der Waals surface area contributed by atoms with Gasteiger partial charge in [0.25, 0.3) is 0 Å². The minimum atomic E-state index is -0.467. The number of nitrogens with zero attached hydrogens (tertiary/aromatic N) is 3. The number of carbonyl (C=O) groups is 1. The van der Waals surface area contributed by atoms with Gasteiger partial charge in [-0.25, -0.2) is 14.4 Å². The molecule has 2 aliphatic rings. The third-order valence-electron chi connectivity index (χ3n) is 7.62. The maximum Gasteiger partial charge on any atom is 0.164 e. The number of pyridine rings is 1. The lowest BCUT2D eigenvalue weighted by Gasteiger charge is -2.50. The summed E-state index contributed by atoms with van der Waals surface area (Å²) < 4.78 is 20.6. The number of carbonyl (C=O) groups excluding carboxylic acids is 1. The van der Waals surface area contributed by atoms with E-state index in [1.165, 1.54) is 6.07 Å². The zero-order valence-corrected chi connectivity index (χ0v) is 19.4. The Labute approximate surface area is 193 Å². The van der Waals surface area contributed by atoms with Gasteiger partial charge in [0.05, 0.1) is 11.4 Å². The number of rotatable bonds is 3. The third-order valence-corrected chi connectivity index (χ3v) is 7.62. The largest absolute Gasteiger partial charge is 0.374 e. The Kier molecular flexibility index (Phi) is 5.36. The average Bonchev–Trinajstić information content (AvgIpc) is 2.81. The van der Waals surface area contributed by atoms with Crippen LogP contribution in [0.3, 0.4) is 0 Å². The molecule has 0 spiro atoms. The second-order valence-electron chi connectivity index (χ2n) is 9.57. The van der Waals surface area contributed by atoms with Crippen molar-refractivity contribution in [2.24, 2.45) is 11.8 Å². The molecule has 5 rings (SSSR count). The summed E-state index contributed by atoms with van der Waals surface area (Å²) in [5, 5.41) is 0. The number of Topliss-reactive ketones (excluding diaryl/α,β-unsaturated/α-hetero) is 1. The first-order valence-corrected chi connectivity index (χ1v) is 11.5. The van der Waals surface area contributed by atoms with Crippen molar-refractivity contribution in [3.8, 4) is 22.6 Å². The maximum atomic E-state index is 15.0. The summed E-state index contributed by atoms with van der Waals surface area (Å²) in [5.41, 5.74) is 4.34. The molecule has 6 heteroatoms. The third kappa shape index (κ3) is 3.48. The van der Waals surface area contributed by atoms with Gasteiger partial charge < -0.3 is 4.74 Å². The molecule has 0 aliphatic heterocycles. The molecule has 4 atom stereocenters. The van der Waals surface area contributed by atoms with Gasteiger partial charge in [-0.2, -0.15) is 0 Å². The van der Waals surface area contributed by atoms with Crippen LogP contribution in [0, 0.1) is 24.6 Å². The maximum absolute atomic E-state index is 15.0. The summed E-state index contributed by atoms with van der Waals surface area (Å²) >= 11 is 0. The number of benzene rings is 1. The summed E-state index contributed by atoms with van der Waals surface area (Å²) in [4.78, 5) is 27.2. The van der Waals surface area contributed by atoms with Crippen LogP contribution in [-0.4, -0.2) is 33.9 Å². The molecule has 5 nitrogen and oxygen atoms in total. The summed E-state index contributed by atoms with van der Waals surface area (Å²) in [5.74, 6) is 0.443. The zero-order valence-electron chi connectivity index (χ0n) is 19.4. The summed E-state index contributed by atoms with van der Waals surface area (Å²) in [6.07, 6.45) is 3.39. The number of hydrogen-bond acceptors (Lipinski definition) is 5. The van der Waals surface area contributed by atoms with Crippen LogP contribution in [-0.2, 0) is 21.4 Å². The number of hydrogen-bond donors (Lipinski definition) is 0. The predicted molar refractivity (Wildman–Crippen MR) is 124 cm³/mol. The molecule has 2 heterocycles. The molecule has 0 saturated heterocycles. The molecule has 0 bridgehead atoms. The minimum absolute atomic E-state index is 0.125. The SMILES string of the molecule is COC1C[C@@]2(C)c3nc(-c4ccnc(C)c4)nc(-c4ccccc4F)c3CC[C@@H]2[C@@H](C)C1=O. The van der Waals surface area contributed by atoms with Crippen molar-refractivity contribution in [1.29, 1.82) is 0 Å². The monoisotopic (exact) mass is 445 g/mol. The molecule has 3 aromatic rings. The standard InChI is InChI=1S/C27H28FN3O2/c1-15-13-17(11-12-29-15)26-30-23(18-7-5-6-8-21(18)28)19-9-10-20-16(2)24(32)22(33-4)14-27(20,3)25(19)31-26/h5-8,11-13,16,20,22H,9-10,14H2,1-4H3/t16-,20-,22?,27-/m1/s1. The van der Waals surface area contributed by atoms with E-state index in [4.69, 9.17) is 14.7 Å². The number of methoxy groups -OCH3 is 1. The fourth-order valence-electron chi connectivity index (χ4n) is 5.90. The van der Waals surface area contributed by atoms with Gasteiger partial charge in [0.15, 0.2) is 11.6 Å². The van der Waals surface area contributed by atoms with Crippen molar-refractivity contribution in [3.63, 3.8) is 0 Å². The molecule has 0 N–H and O–H groups in total. The molecule has 33 heavy (non-hydrogen) atoms. The summed E-state index contributed by atoms with van der Waals surface area (Å²) in [6.45, 7) is 6.12. The van der Waals surface area contributed by atoms with E-state index in [0.717, 1.165) is 28.9 Å². The second kappa shape index (κ2) is 8.10. The van der Waals surface area contributed by atoms with Crippen molar-refractivity contribution in [1.82, 2.24) is 15.0 Å². The van der Waals surface area contributed by atoms with Crippen LogP contribution < -0.4 is 0 Å². The molecular weight excluding hydrogens is 417 g/mol. The quantitative estimate of drug-likeness (QED) is 0.561. The molecule has 1 aromatic carbocycles. The first kappa shape index (κ1) is 21.8. The van der Waals surface area contributed by atoms with Gasteiger partial charge in [-0.1, -0.05) is 26.0 Å². The van der Waals surface area contributed by atoms with Crippen molar-refractivity contribution in [3.05, 3.63) is 65.4 Å². The first-order chi connectivity index (χ1) is 15.8. The first-order valence-electron chi connectivity index (χ1n) is 11.5. The summed E-state index contributed by atoms with van der Waals surface area (Å²) in [6, 6.07) is 10.6. The number of aryl methyl sites for hydroxylation is 1. The van der Waals surface area contributed by atoms with Gasteiger partial charge in [-0.15, -0.1) is 0 Å². The molecule has 1 saturated carbocycles. The van der Waals surface area contributed by atoms with Gasteiger partial charge in [-0.3, -0.25) is 9.78 Å². The van der Waals surface area contributed by atoms with E-state index in [1.807, 2.05) is 32.0 Å². The Morgan fingerprint density at radius 3 is 2.70 bits per heavy atom. The second-order valence-corrected chi connectivity index (χ2v) is 9.57. The highest BCUT2D eigenvalue weighted by Gasteiger charge is 2.53. The van der Waals surface area contributed by atoms with E-state index in [1.54, 1.807) is 25.4 Å². The van der Waals surface area contributed by atoms with Crippen molar-refractivity contribution in [2.45, 2.75) is 51.6 Å². The molecule has 170 valence electrons. The number of ether oxygens (including phenoxy) is 1. The van der Waals surface area contributed by atoms with Crippen LogP contribution in [0.2, 0.25) is 0 Å². The molecule has 2 aliphatic carbocycles. The highest BCUT2D eigenvalue weighted by Crippen LogP contribution is 2.52. The fourth-order valence-corrected chi connectivity index (χ4v) is 5.90. The van der Waals surface area contributed by atoms with E-state index < -0.39 is 6.10 Å². The average molecular weight is 446 g/mol. The van der Waals surface area contributed by atoms with Crippen LogP contribution in [0.4, 0.5) is 4.39 Å². The Balaban J connectivity index is 1.78. The normalized spacial score (nSPS) is 26.6. The van der Waals surface area contributed by atoms with Gasteiger partial charge in [0.2, 0.25) is 0 Å². The van der Waals surface area contributed by atoms with Crippen LogP contribution >= 0.6 is 0 Å². The molecule has 0 amide bonds. The van der Waals surface area contributed by atoms with Crippen LogP contribution in [0.25, 0.3) is 22.6 Å². The van der Waals surface area contributed by atoms with E-state index in [9.17, 15) is 9.18 Å². The smallest absolute Gasteiger partial charge is 0.164 e. The number of aromatic nitrogens is 3. The highest BCUT2D eigenvalue weighted by atomic mass is 19.1. The summed E-state index contributed by atoms with van der Waals surface area (Å²) in [7, 11) is 1.60. The molecule has 0 radical (unpaired) electrons. The van der Waals surface area contributed by atoms with E-state index in [2.05, 4.69) is 11.9 Å². The zero-order chi connectivity index (χ0) is 23.3. The molecule has 1 unspecified atom stereocenters. The minimum Gasteiger partial charge on any atom is -0.374 e. The Morgan fingerprint density at radius 2 is 1.97 bits per heavy atom. The number of fused-ring (bicyclic) bond motifs is 3. The van der Waals surface area contributed by atoms with Crippen molar-refractivity contribution >= 4 is 5.78 Å². The van der Waals surface area contributed by atoms with E-state index in [0.29, 0.717) is 29.9 Å². The van der Waals surface area contributed by atoms with Crippen LogP contribution in [0.5, 0.6) is 0 Å².